The fourth-order valence-corrected chi connectivity index (χ4v) is 16.8. The van der Waals surface area contributed by atoms with Gasteiger partial charge in [0.05, 0.1) is 0 Å². The zero-order valence-electron chi connectivity index (χ0n) is 22.2. The topological polar surface area (TPSA) is 18.5 Å². The van der Waals surface area contributed by atoms with Gasteiger partial charge in [-0.05, 0) is 0 Å². The SMILES string of the molecule is COc1cccc(OC)c1-c1cccc([PH](C2CCCCC2)(C2CCCCC2)C2CCCCC2)c1. The molecular formula is C32H47O2P. The normalized spacial score (nSPS) is 21.5. The van der Waals surface area contributed by atoms with E-state index in [0.717, 1.165) is 34.0 Å². The molecule has 0 unspecified atom stereocenters. The van der Waals surface area contributed by atoms with Gasteiger partial charge in [-0.15, -0.1) is 0 Å². The zero-order valence-corrected chi connectivity index (χ0v) is 23.2. The molecule has 0 amide bonds. The molecule has 3 aliphatic rings. The third kappa shape index (κ3) is 4.90. The summed E-state index contributed by atoms with van der Waals surface area (Å²) in [4.78, 5) is 0. The van der Waals surface area contributed by atoms with Crippen LogP contribution in [-0.2, 0) is 0 Å². The molecular weight excluding hydrogens is 447 g/mol. The van der Waals surface area contributed by atoms with Crippen LogP contribution in [0.4, 0.5) is 0 Å². The van der Waals surface area contributed by atoms with Crippen LogP contribution in [0.2, 0.25) is 0 Å². The number of ether oxygens (including phenoxy) is 2. The molecule has 2 nitrogen and oxygen atoms in total. The predicted molar refractivity (Wildman–Crippen MR) is 154 cm³/mol. The maximum atomic E-state index is 5.85. The van der Waals surface area contributed by atoms with Crippen LogP contribution in [0.3, 0.4) is 0 Å². The summed E-state index contributed by atoms with van der Waals surface area (Å²) in [5.41, 5.74) is 5.32. The van der Waals surface area contributed by atoms with Crippen molar-refractivity contribution in [2.24, 2.45) is 0 Å². The second kappa shape index (κ2) is 11.7. The molecule has 0 aromatic heterocycles. The van der Waals surface area contributed by atoms with Crippen molar-refractivity contribution in [2.75, 3.05) is 14.2 Å². The van der Waals surface area contributed by atoms with Gasteiger partial charge in [0, 0.05) is 0 Å². The van der Waals surface area contributed by atoms with E-state index in [1.807, 2.05) is 6.07 Å². The first-order chi connectivity index (χ1) is 17.3. The van der Waals surface area contributed by atoms with Crippen LogP contribution in [0, 0.1) is 0 Å². The van der Waals surface area contributed by atoms with E-state index in [1.54, 1.807) is 19.5 Å². The van der Waals surface area contributed by atoms with Crippen molar-refractivity contribution >= 4 is 12.6 Å². The first kappa shape index (κ1) is 25.1. The summed E-state index contributed by atoms with van der Waals surface area (Å²) < 4.78 is 11.7. The molecule has 35 heavy (non-hydrogen) atoms. The Balaban J connectivity index is 1.68. The molecule has 0 aliphatic heterocycles. The molecule has 0 heterocycles. The van der Waals surface area contributed by atoms with E-state index in [9.17, 15) is 0 Å². The Morgan fingerprint density at radius 1 is 0.571 bits per heavy atom. The Hall–Kier alpha value is -1.53. The fourth-order valence-electron chi connectivity index (χ4n) is 8.53. The van der Waals surface area contributed by atoms with Crippen molar-refractivity contribution < 1.29 is 9.47 Å². The summed E-state index contributed by atoms with van der Waals surface area (Å²) in [6, 6.07) is 16.1. The Morgan fingerprint density at radius 2 is 1.00 bits per heavy atom. The van der Waals surface area contributed by atoms with Crippen molar-refractivity contribution in [1.29, 1.82) is 0 Å². The summed E-state index contributed by atoms with van der Waals surface area (Å²) in [5.74, 6) is 1.84. The van der Waals surface area contributed by atoms with Crippen LogP contribution in [0.1, 0.15) is 96.3 Å². The number of hydrogen-bond donors (Lipinski definition) is 0. The Labute approximate surface area is 214 Å². The van der Waals surface area contributed by atoms with Gasteiger partial charge in [-0.3, -0.25) is 0 Å². The molecule has 0 radical (unpaired) electrons. The first-order valence-corrected chi connectivity index (χ1v) is 16.8. The van der Waals surface area contributed by atoms with Gasteiger partial charge in [0.25, 0.3) is 0 Å². The summed E-state index contributed by atoms with van der Waals surface area (Å²) in [7, 11) is 1.80. The van der Waals surface area contributed by atoms with Crippen LogP contribution in [-0.4, -0.2) is 31.2 Å². The summed E-state index contributed by atoms with van der Waals surface area (Å²) in [6.07, 6.45) is 22.0. The number of methoxy groups -OCH3 is 2. The minimum absolute atomic E-state index is 0.918. The molecule has 0 atom stereocenters. The maximum absolute atomic E-state index is 5.85. The van der Waals surface area contributed by atoms with Crippen LogP contribution in [0.5, 0.6) is 11.5 Å². The molecule has 3 fully saturated rings. The van der Waals surface area contributed by atoms with Gasteiger partial charge in [-0.1, -0.05) is 0 Å². The first-order valence-electron chi connectivity index (χ1n) is 14.6. The average molecular weight is 495 g/mol. The van der Waals surface area contributed by atoms with E-state index in [0.29, 0.717) is 0 Å². The zero-order chi connectivity index (χ0) is 24.1. The quantitative estimate of drug-likeness (QED) is 0.358. The summed E-state index contributed by atoms with van der Waals surface area (Å²) in [5, 5.41) is 1.77. The molecule has 2 aromatic carbocycles. The fraction of sp³-hybridized carbons (Fsp3) is 0.625. The van der Waals surface area contributed by atoms with Gasteiger partial charge >= 0.3 is 215 Å². The van der Waals surface area contributed by atoms with Crippen LogP contribution in [0.15, 0.2) is 42.5 Å². The molecule has 3 heteroatoms. The van der Waals surface area contributed by atoms with Gasteiger partial charge in [-0.25, -0.2) is 0 Å². The van der Waals surface area contributed by atoms with Crippen molar-refractivity contribution in [3.8, 4) is 22.6 Å². The summed E-state index contributed by atoms with van der Waals surface area (Å²) in [6.45, 7) is 0. The number of rotatable bonds is 7. The van der Waals surface area contributed by atoms with E-state index >= 15 is 0 Å². The van der Waals surface area contributed by atoms with Crippen LogP contribution >= 0.6 is 7.26 Å². The molecule has 5 rings (SSSR count). The molecule has 0 N–H and O–H groups in total. The predicted octanol–water partition coefficient (Wildman–Crippen LogP) is 8.74. The molecule has 192 valence electrons. The minimum atomic E-state index is -1.77. The van der Waals surface area contributed by atoms with Crippen molar-refractivity contribution in [3.05, 3.63) is 42.5 Å². The van der Waals surface area contributed by atoms with Crippen molar-refractivity contribution in [3.63, 3.8) is 0 Å². The van der Waals surface area contributed by atoms with E-state index in [-0.39, 0.29) is 0 Å². The average Bonchev–Trinajstić information content (AvgIpc) is 2.95. The molecule has 0 saturated heterocycles. The number of benzene rings is 2. The Morgan fingerprint density at radius 3 is 1.43 bits per heavy atom. The third-order valence-corrected chi connectivity index (χ3v) is 17.0. The molecule has 0 bridgehead atoms. The van der Waals surface area contributed by atoms with Gasteiger partial charge in [0.1, 0.15) is 0 Å². The molecule has 0 spiro atoms. The van der Waals surface area contributed by atoms with Crippen molar-refractivity contribution in [1.82, 2.24) is 0 Å². The van der Waals surface area contributed by atoms with Crippen LogP contribution < -0.4 is 14.8 Å². The summed E-state index contributed by atoms with van der Waals surface area (Å²) >= 11 is 0. The molecule has 3 aliphatic carbocycles. The third-order valence-electron chi connectivity index (χ3n) is 9.92. The second-order valence-corrected chi connectivity index (χ2v) is 16.4. The van der Waals surface area contributed by atoms with E-state index in [4.69, 9.17) is 9.47 Å². The standard InChI is InChI=1S/C32H47O2P/c1-33-30-22-13-23-31(34-2)32(30)25-14-12-21-29(24-25)35(26-15-6-3-7-16-26,27-17-8-4-9-18-27)28-19-10-5-11-20-28/h12-14,21-24,26-28,35H,3-11,15-20H2,1-2H3. The monoisotopic (exact) mass is 494 g/mol. The van der Waals surface area contributed by atoms with Crippen molar-refractivity contribution in [2.45, 2.75) is 113 Å². The number of hydrogen-bond acceptors (Lipinski definition) is 2. The molecule has 2 aromatic rings. The van der Waals surface area contributed by atoms with Gasteiger partial charge in [-0.2, -0.15) is 0 Å². The van der Waals surface area contributed by atoms with Crippen LogP contribution in [0.25, 0.3) is 11.1 Å². The Bertz CT molecular complexity index is 884. The van der Waals surface area contributed by atoms with E-state index in [1.165, 1.54) is 102 Å². The Kier molecular flexibility index (Phi) is 8.39. The van der Waals surface area contributed by atoms with E-state index in [2.05, 4.69) is 36.4 Å². The molecule has 3 saturated carbocycles. The van der Waals surface area contributed by atoms with Gasteiger partial charge in [0.15, 0.2) is 0 Å². The van der Waals surface area contributed by atoms with Gasteiger partial charge in [0.2, 0.25) is 0 Å². The van der Waals surface area contributed by atoms with E-state index < -0.39 is 7.26 Å². The second-order valence-electron chi connectivity index (χ2n) is 11.6. The van der Waals surface area contributed by atoms with Gasteiger partial charge < -0.3 is 0 Å².